The average Bonchev–Trinajstić information content (AvgIpc) is 3.24. The van der Waals surface area contributed by atoms with Crippen molar-refractivity contribution < 1.29 is 9.53 Å². The number of carbonyl (C=O) groups is 1. The molecule has 3 aromatic carbocycles. The molecule has 1 amide bonds. The van der Waals surface area contributed by atoms with Crippen molar-refractivity contribution in [3.8, 4) is 5.75 Å². The van der Waals surface area contributed by atoms with Crippen molar-refractivity contribution in [2.75, 3.05) is 13.2 Å². The Labute approximate surface area is 208 Å². The molecule has 0 radical (unpaired) electrons. The molecule has 4 aromatic rings. The highest BCUT2D eigenvalue weighted by atomic mass is 16.5. The van der Waals surface area contributed by atoms with Crippen LogP contribution in [0.5, 0.6) is 5.75 Å². The van der Waals surface area contributed by atoms with Gasteiger partial charge in [0.25, 0.3) is 5.91 Å². The normalized spacial score (nSPS) is 11.0. The van der Waals surface area contributed by atoms with Crippen molar-refractivity contribution in [2.45, 2.75) is 52.5 Å². The van der Waals surface area contributed by atoms with Crippen LogP contribution in [0, 0.1) is 13.8 Å². The van der Waals surface area contributed by atoms with Crippen LogP contribution in [0.15, 0.2) is 72.8 Å². The number of benzene rings is 3. The molecule has 1 heterocycles. The molecule has 182 valence electrons. The first-order chi connectivity index (χ1) is 17.1. The summed E-state index contributed by atoms with van der Waals surface area (Å²) in [5.74, 6) is 2.10. The molecule has 5 nitrogen and oxygen atoms in total. The Balaban J connectivity index is 1.26. The molecule has 5 heteroatoms. The highest BCUT2D eigenvalue weighted by Crippen LogP contribution is 2.22. The molecular weight excluding hydrogens is 434 g/mol. The monoisotopic (exact) mass is 469 g/mol. The van der Waals surface area contributed by atoms with Crippen molar-refractivity contribution in [3.63, 3.8) is 0 Å². The topological polar surface area (TPSA) is 56.1 Å². The van der Waals surface area contributed by atoms with Crippen LogP contribution in [0.25, 0.3) is 11.0 Å². The molecule has 0 bridgehead atoms. The first kappa shape index (κ1) is 24.5. The maximum absolute atomic E-state index is 12.2. The zero-order valence-electron chi connectivity index (χ0n) is 20.8. The van der Waals surface area contributed by atoms with E-state index in [1.165, 1.54) is 16.6 Å². The van der Waals surface area contributed by atoms with E-state index in [1.54, 1.807) is 0 Å². The van der Waals surface area contributed by atoms with Crippen LogP contribution in [0.3, 0.4) is 0 Å². The molecule has 4 rings (SSSR count). The minimum absolute atomic E-state index is 0.00420. The van der Waals surface area contributed by atoms with Crippen LogP contribution >= 0.6 is 0 Å². The number of nitrogens with zero attached hydrogens (tertiary/aromatic N) is 2. The van der Waals surface area contributed by atoms with Gasteiger partial charge in [-0.1, -0.05) is 48.9 Å². The Kier molecular flexibility index (Phi) is 8.55. The molecule has 1 aromatic heterocycles. The van der Waals surface area contributed by atoms with Gasteiger partial charge in [-0.05, 0) is 74.6 Å². The van der Waals surface area contributed by atoms with E-state index in [1.807, 2.05) is 48.5 Å². The summed E-state index contributed by atoms with van der Waals surface area (Å²) in [4.78, 5) is 17.1. The molecule has 1 N–H and O–H groups in total. The Morgan fingerprint density at radius 1 is 0.886 bits per heavy atom. The smallest absolute Gasteiger partial charge is 0.251 e. The van der Waals surface area contributed by atoms with E-state index in [0.717, 1.165) is 55.7 Å². The van der Waals surface area contributed by atoms with Gasteiger partial charge in [0.15, 0.2) is 0 Å². The van der Waals surface area contributed by atoms with E-state index >= 15 is 0 Å². The number of hydrogen-bond donors (Lipinski definition) is 1. The molecule has 0 unspecified atom stereocenters. The van der Waals surface area contributed by atoms with E-state index in [-0.39, 0.29) is 5.91 Å². The number of aromatic nitrogens is 2. The molecule has 0 saturated heterocycles. The highest BCUT2D eigenvalue weighted by Gasteiger charge is 2.11. The lowest BCUT2D eigenvalue weighted by atomic mass is 10.1. The van der Waals surface area contributed by atoms with Crippen molar-refractivity contribution in [3.05, 3.63) is 95.3 Å². The Morgan fingerprint density at radius 2 is 1.69 bits per heavy atom. The second kappa shape index (κ2) is 12.2. The summed E-state index contributed by atoms with van der Waals surface area (Å²) in [6.45, 7) is 6.48. The Morgan fingerprint density at radius 3 is 2.54 bits per heavy atom. The number of nitrogens with one attached hydrogen (secondary N) is 1. The van der Waals surface area contributed by atoms with Crippen LogP contribution in [-0.4, -0.2) is 28.6 Å². The number of para-hydroxylation sites is 2. The van der Waals surface area contributed by atoms with E-state index < -0.39 is 0 Å². The molecule has 0 aliphatic heterocycles. The fourth-order valence-electron chi connectivity index (χ4n) is 4.33. The van der Waals surface area contributed by atoms with Gasteiger partial charge in [0.05, 0.1) is 17.6 Å². The van der Waals surface area contributed by atoms with E-state index in [0.29, 0.717) is 18.7 Å². The lowest BCUT2D eigenvalue weighted by Crippen LogP contribution is -2.24. The summed E-state index contributed by atoms with van der Waals surface area (Å²) < 4.78 is 8.42. The predicted molar refractivity (Wildman–Crippen MR) is 142 cm³/mol. The summed E-state index contributed by atoms with van der Waals surface area (Å²) in [5.41, 5.74) is 5.41. The van der Waals surface area contributed by atoms with Gasteiger partial charge in [0.1, 0.15) is 11.6 Å². The molecule has 0 fully saturated rings. The number of amides is 1. The second-order valence-corrected chi connectivity index (χ2v) is 9.00. The third-order valence-electron chi connectivity index (χ3n) is 6.47. The van der Waals surface area contributed by atoms with Gasteiger partial charge in [-0.25, -0.2) is 4.98 Å². The number of aryl methyl sites for hydroxylation is 3. The van der Waals surface area contributed by atoms with Gasteiger partial charge in [-0.3, -0.25) is 4.79 Å². The maximum atomic E-state index is 12.2. The number of imidazole rings is 1. The van der Waals surface area contributed by atoms with Gasteiger partial charge in [0, 0.05) is 25.1 Å². The quantitative estimate of drug-likeness (QED) is 0.249. The lowest BCUT2D eigenvalue weighted by molar-refractivity contribution is 0.0953. The van der Waals surface area contributed by atoms with E-state index in [2.05, 4.69) is 48.0 Å². The Bertz CT molecular complexity index is 1250. The highest BCUT2D eigenvalue weighted by molar-refractivity contribution is 5.94. The molecule has 0 atom stereocenters. The summed E-state index contributed by atoms with van der Waals surface area (Å²) in [5, 5.41) is 3.01. The summed E-state index contributed by atoms with van der Waals surface area (Å²) in [6, 6.07) is 23.9. The number of carbonyl (C=O) groups excluding carboxylic acids is 1. The van der Waals surface area contributed by atoms with Crippen molar-refractivity contribution in [1.82, 2.24) is 14.9 Å². The van der Waals surface area contributed by atoms with Crippen LogP contribution < -0.4 is 10.1 Å². The summed E-state index contributed by atoms with van der Waals surface area (Å²) >= 11 is 0. The van der Waals surface area contributed by atoms with Gasteiger partial charge >= 0.3 is 0 Å². The average molecular weight is 470 g/mol. The molecule has 0 aliphatic carbocycles. The van der Waals surface area contributed by atoms with Gasteiger partial charge in [-0.15, -0.1) is 0 Å². The number of unbranched alkanes of at least 4 members (excludes halogenated alkanes) is 2. The number of fused-ring (bicyclic) bond motifs is 1. The SMILES string of the molecule is Cc1cccc(OCCCn2c(CCCCCNC(=O)c3ccccc3)nc3ccccc32)c1C. The standard InChI is InChI=1S/C30H35N3O2/c1-23-13-11-18-28(24(23)2)35-22-12-21-33-27-17-9-8-16-26(27)32-29(33)19-7-4-10-20-31-30(34)25-14-5-3-6-15-25/h3,5-6,8-9,11,13-18H,4,7,10,12,19-22H2,1-2H3,(H,31,34). The minimum atomic E-state index is -0.00420. The maximum Gasteiger partial charge on any atom is 0.251 e. The fourth-order valence-corrected chi connectivity index (χ4v) is 4.33. The molecule has 0 saturated carbocycles. The largest absolute Gasteiger partial charge is 0.493 e. The number of rotatable bonds is 12. The molecule has 0 spiro atoms. The Hall–Kier alpha value is -3.60. The zero-order chi connectivity index (χ0) is 24.5. The first-order valence-electron chi connectivity index (χ1n) is 12.6. The molecular formula is C30H35N3O2. The molecule has 0 aliphatic rings. The lowest BCUT2D eigenvalue weighted by Gasteiger charge is -2.13. The number of hydrogen-bond acceptors (Lipinski definition) is 3. The number of ether oxygens (including phenoxy) is 1. The van der Waals surface area contributed by atoms with Crippen LogP contribution in [0.4, 0.5) is 0 Å². The van der Waals surface area contributed by atoms with Crippen molar-refractivity contribution >= 4 is 16.9 Å². The fraction of sp³-hybridized carbons (Fsp3) is 0.333. The van der Waals surface area contributed by atoms with Gasteiger partial charge in [-0.2, -0.15) is 0 Å². The van der Waals surface area contributed by atoms with E-state index in [4.69, 9.17) is 9.72 Å². The van der Waals surface area contributed by atoms with Crippen LogP contribution in [0.1, 0.15) is 53.0 Å². The third-order valence-corrected chi connectivity index (χ3v) is 6.47. The third kappa shape index (κ3) is 6.50. The molecule has 35 heavy (non-hydrogen) atoms. The van der Waals surface area contributed by atoms with E-state index in [9.17, 15) is 4.79 Å². The van der Waals surface area contributed by atoms with Crippen molar-refractivity contribution in [2.24, 2.45) is 0 Å². The minimum Gasteiger partial charge on any atom is -0.493 e. The van der Waals surface area contributed by atoms with Crippen LogP contribution in [-0.2, 0) is 13.0 Å². The zero-order valence-corrected chi connectivity index (χ0v) is 20.8. The van der Waals surface area contributed by atoms with Crippen molar-refractivity contribution in [1.29, 1.82) is 0 Å². The van der Waals surface area contributed by atoms with Gasteiger partial charge in [0.2, 0.25) is 0 Å². The van der Waals surface area contributed by atoms with Gasteiger partial charge < -0.3 is 14.6 Å². The second-order valence-electron chi connectivity index (χ2n) is 9.00. The summed E-state index contributed by atoms with van der Waals surface area (Å²) in [7, 11) is 0. The predicted octanol–water partition coefficient (Wildman–Crippen LogP) is 6.27. The van der Waals surface area contributed by atoms with Crippen LogP contribution in [0.2, 0.25) is 0 Å². The first-order valence-corrected chi connectivity index (χ1v) is 12.6. The summed E-state index contributed by atoms with van der Waals surface area (Å²) in [6.07, 6.45) is 4.91.